The lowest BCUT2D eigenvalue weighted by Crippen LogP contribution is -2.25. The van der Waals surface area contributed by atoms with E-state index in [-0.39, 0.29) is 0 Å². The van der Waals surface area contributed by atoms with Crippen LogP contribution in [0.5, 0.6) is 11.5 Å². The number of benzene rings is 2. The number of para-hydroxylation sites is 1. The Morgan fingerprint density at radius 3 is 2.68 bits per heavy atom. The summed E-state index contributed by atoms with van der Waals surface area (Å²) in [7, 11) is 3.29. The van der Waals surface area contributed by atoms with Crippen LogP contribution in [0.3, 0.4) is 0 Å². The van der Waals surface area contributed by atoms with Crippen LogP contribution in [0.1, 0.15) is 17.8 Å². The molecular weight excluding hydrogens is 352 g/mol. The molecule has 1 aliphatic heterocycles. The van der Waals surface area contributed by atoms with Crippen molar-refractivity contribution in [2.45, 2.75) is 19.8 Å². The molecule has 0 radical (unpaired) electrons. The SMILES string of the molecule is COc1ccc(OC)c(Nc2cc(N3CCCc4ccccc43)nc(C)n2)c1. The number of methoxy groups -OCH3 is 2. The first-order valence-corrected chi connectivity index (χ1v) is 9.38. The van der Waals surface area contributed by atoms with Crippen LogP contribution in [0.25, 0.3) is 0 Å². The number of hydrogen-bond acceptors (Lipinski definition) is 6. The third kappa shape index (κ3) is 3.58. The number of nitrogens with one attached hydrogen (secondary N) is 1. The van der Waals surface area contributed by atoms with Gasteiger partial charge in [-0.25, -0.2) is 9.97 Å². The maximum absolute atomic E-state index is 5.47. The Bertz CT molecular complexity index is 990. The van der Waals surface area contributed by atoms with E-state index in [1.165, 1.54) is 11.3 Å². The van der Waals surface area contributed by atoms with Crippen LogP contribution in [0.2, 0.25) is 0 Å². The molecule has 0 bridgehead atoms. The Kier molecular flexibility index (Phi) is 5.02. The number of ether oxygens (including phenoxy) is 2. The lowest BCUT2D eigenvalue weighted by molar-refractivity contribution is 0.405. The second-order valence-corrected chi connectivity index (χ2v) is 6.73. The van der Waals surface area contributed by atoms with Crippen molar-refractivity contribution in [2.75, 3.05) is 31.0 Å². The van der Waals surface area contributed by atoms with Crippen molar-refractivity contribution in [2.24, 2.45) is 0 Å². The van der Waals surface area contributed by atoms with Crippen LogP contribution in [-0.2, 0) is 6.42 Å². The molecule has 0 amide bonds. The summed E-state index contributed by atoms with van der Waals surface area (Å²) in [6.45, 7) is 2.85. The molecular formula is C22H24N4O2. The van der Waals surface area contributed by atoms with Gasteiger partial charge in [-0.3, -0.25) is 0 Å². The third-order valence-corrected chi connectivity index (χ3v) is 4.88. The monoisotopic (exact) mass is 376 g/mol. The van der Waals surface area contributed by atoms with Gasteiger partial charge in [0.15, 0.2) is 0 Å². The molecule has 1 N–H and O–H groups in total. The van der Waals surface area contributed by atoms with E-state index in [2.05, 4.69) is 39.5 Å². The molecule has 0 fully saturated rings. The van der Waals surface area contributed by atoms with Crippen LogP contribution in [0.4, 0.5) is 23.0 Å². The molecule has 4 rings (SSSR count). The maximum atomic E-state index is 5.47. The van der Waals surface area contributed by atoms with E-state index >= 15 is 0 Å². The summed E-state index contributed by atoms with van der Waals surface area (Å²) in [6.07, 6.45) is 2.20. The van der Waals surface area contributed by atoms with Crippen LogP contribution in [0.15, 0.2) is 48.5 Å². The molecule has 0 atom stereocenters. The zero-order chi connectivity index (χ0) is 19.5. The molecule has 0 aliphatic carbocycles. The first-order chi connectivity index (χ1) is 13.7. The van der Waals surface area contributed by atoms with E-state index in [0.29, 0.717) is 5.82 Å². The zero-order valence-electron chi connectivity index (χ0n) is 16.4. The van der Waals surface area contributed by atoms with Gasteiger partial charge < -0.3 is 19.7 Å². The second-order valence-electron chi connectivity index (χ2n) is 6.73. The molecule has 2 aromatic carbocycles. The molecule has 2 heterocycles. The largest absolute Gasteiger partial charge is 0.497 e. The van der Waals surface area contributed by atoms with Gasteiger partial charge in [-0.05, 0) is 43.5 Å². The number of hydrogen-bond donors (Lipinski definition) is 1. The molecule has 144 valence electrons. The van der Waals surface area contributed by atoms with Gasteiger partial charge in [0.25, 0.3) is 0 Å². The standard InChI is InChI=1S/C22H24N4O2/c1-15-23-21(25-18-13-17(27-2)10-11-20(18)28-3)14-22(24-15)26-12-6-8-16-7-4-5-9-19(16)26/h4-5,7,9-11,13-14H,6,8,12H2,1-3H3,(H,23,24,25). The minimum absolute atomic E-state index is 0.713. The summed E-state index contributed by atoms with van der Waals surface area (Å²) in [5, 5.41) is 3.36. The van der Waals surface area contributed by atoms with Crippen molar-refractivity contribution in [3.63, 3.8) is 0 Å². The van der Waals surface area contributed by atoms with Crippen LogP contribution in [-0.4, -0.2) is 30.7 Å². The summed E-state index contributed by atoms with van der Waals surface area (Å²) in [5.41, 5.74) is 3.37. The number of rotatable bonds is 5. The fourth-order valence-corrected chi connectivity index (χ4v) is 3.58. The Morgan fingerprint density at radius 2 is 1.86 bits per heavy atom. The van der Waals surface area contributed by atoms with Crippen molar-refractivity contribution in [1.82, 2.24) is 9.97 Å². The highest BCUT2D eigenvalue weighted by atomic mass is 16.5. The Morgan fingerprint density at radius 1 is 1.00 bits per heavy atom. The van der Waals surface area contributed by atoms with Gasteiger partial charge in [-0.2, -0.15) is 0 Å². The Hall–Kier alpha value is -3.28. The topological polar surface area (TPSA) is 59.5 Å². The van der Waals surface area contributed by atoms with Crippen molar-refractivity contribution < 1.29 is 9.47 Å². The van der Waals surface area contributed by atoms with Crippen molar-refractivity contribution in [3.8, 4) is 11.5 Å². The van der Waals surface area contributed by atoms with E-state index in [9.17, 15) is 0 Å². The molecule has 1 aliphatic rings. The lowest BCUT2D eigenvalue weighted by Gasteiger charge is -2.30. The zero-order valence-corrected chi connectivity index (χ0v) is 16.4. The summed E-state index contributed by atoms with van der Waals surface area (Å²) >= 11 is 0. The van der Waals surface area contributed by atoms with E-state index in [0.717, 1.165) is 48.2 Å². The number of nitrogens with zero attached hydrogens (tertiary/aromatic N) is 3. The summed E-state index contributed by atoms with van der Waals surface area (Å²) in [6, 6.07) is 16.1. The van der Waals surface area contributed by atoms with E-state index in [4.69, 9.17) is 14.5 Å². The van der Waals surface area contributed by atoms with Crippen LogP contribution < -0.4 is 19.7 Å². The highest BCUT2D eigenvalue weighted by Crippen LogP contribution is 2.35. The molecule has 0 spiro atoms. The number of aromatic nitrogens is 2. The summed E-state index contributed by atoms with van der Waals surface area (Å²) in [4.78, 5) is 11.5. The van der Waals surface area contributed by atoms with E-state index in [1.54, 1.807) is 14.2 Å². The summed E-state index contributed by atoms with van der Waals surface area (Å²) < 4.78 is 10.8. The fraction of sp³-hybridized carbons (Fsp3) is 0.273. The fourth-order valence-electron chi connectivity index (χ4n) is 3.58. The van der Waals surface area contributed by atoms with Gasteiger partial charge in [0.1, 0.15) is 29.0 Å². The van der Waals surface area contributed by atoms with Crippen molar-refractivity contribution in [3.05, 3.63) is 59.9 Å². The highest BCUT2D eigenvalue weighted by Gasteiger charge is 2.20. The molecule has 0 saturated heterocycles. The molecule has 28 heavy (non-hydrogen) atoms. The Labute approximate surface area is 165 Å². The van der Waals surface area contributed by atoms with Gasteiger partial charge in [-0.15, -0.1) is 0 Å². The predicted octanol–water partition coefficient (Wildman–Crippen LogP) is 4.63. The highest BCUT2D eigenvalue weighted by molar-refractivity contribution is 5.71. The van der Waals surface area contributed by atoms with Crippen LogP contribution in [0, 0.1) is 6.92 Å². The van der Waals surface area contributed by atoms with Crippen molar-refractivity contribution >= 4 is 23.0 Å². The minimum Gasteiger partial charge on any atom is -0.497 e. The first-order valence-electron chi connectivity index (χ1n) is 9.38. The summed E-state index contributed by atoms with van der Waals surface area (Å²) in [5.74, 6) is 3.80. The average Bonchev–Trinajstić information content (AvgIpc) is 2.72. The van der Waals surface area contributed by atoms with Gasteiger partial charge in [0, 0.05) is 24.4 Å². The molecule has 3 aromatic rings. The van der Waals surface area contributed by atoms with E-state index < -0.39 is 0 Å². The molecule has 0 saturated carbocycles. The number of fused-ring (bicyclic) bond motifs is 1. The maximum Gasteiger partial charge on any atom is 0.142 e. The average molecular weight is 376 g/mol. The molecule has 6 heteroatoms. The Balaban J connectivity index is 1.70. The first kappa shape index (κ1) is 18.1. The lowest BCUT2D eigenvalue weighted by atomic mass is 10.0. The number of anilines is 4. The van der Waals surface area contributed by atoms with Gasteiger partial charge >= 0.3 is 0 Å². The van der Waals surface area contributed by atoms with E-state index in [1.807, 2.05) is 31.2 Å². The number of aryl methyl sites for hydroxylation is 2. The second kappa shape index (κ2) is 7.76. The smallest absolute Gasteiger partial charge is 0.142 e. The van der Waals surface area contributed by atoms with Crippen molar-refractivity contribution in [1.29, 1.82) is 0 Å². The molecule has 0 unspecified atom stereocenters. The molecule has 1 aromatic heterocycles. The minimum atomic E-state index is 0.713. The van der Waals surface area contributed by atoms with Crippen LogP contribution >= 0.6 is 0 Å². The quantitative estimate of drug-likeness (QED) is 0.701. The van der Waals surface area contributed by atoms with Gasteiger partial charge in [0.05, 0.1) is 19.9 Å². The predicted molar refractivity (Wildman–Crippen MR) is 111 cm³/mol. The normalized spacial score (nSPS) is 13.0. The van der Waals surface area contributed by atoms with Gasteiger partial charge in [-0.1, -0.05) is 18.2 Å². The van der Waals surface area contributed by atoms with Gasteiger partial charge in [0.2, 0.25) is 0 Å². The molecule has 6 nitrogen and oxygen atoms in total. The third-order valence-electron chi connectivity index (χ3n) is 4.88.